The van der Waals surface area contributed by atoms with E-state index in [1.165, 1.54) is 0 Å². The van der Waals surface area contributed by atoms with Gasteiger partial charge in [0.1, 0.15) is 5.75 Å². The predicted octanol–water partition coefficient (Wildman–Crippen LogP) is 2.40. The largest absolute Gasteiger partial charge is 0.496 e. The molecule has 0 aliphatic heterocycles. The highest BCUT2D eigenvalue weighted by molar-refractivity contribution is 5.73. The van der Waals surface area contributed by atoms with Gasteiger partial charge in [0.2, 0.25) is 0 Å². The highest BCUT2D eigenvalue weighted by Crippen LogP contribution is 2.16. The number of nitrogens with zero attached hydrogens (tertiary/aromatic N) is 2. The SMILES string of the molecule is COc1ccccc1CNC(=O)NCCCn1nc(C)cc1C. The Morgan fingerprint density at radius 3 is 2.74 bits per heavy atom. The van der Waals surface area contributed by atoms with E-state index >= 15 is 0 Å². The van der Waals surface area contributed by atoms with Gasteiger partial charge in [-0.25, -0.2) is 4.79 Å². The lowest BCUT2D eigenvalue weighted by Gasteiger charge is -2.10. The third-order valence-corrected chi connectivity index (χ3v) is 3.57. The molecule has 2 N–H and O–H groups in total. The predicted molar refractivity (Wildman–Crippen MR) is 89.6 cm³/mol. The number of aromatic nitrogens is 2. The Kier molecular flexibility index (Phi) is 6.02. The first-order valence-electron chi connectivity index (χ1n) is 7.75. The Labute approximate surface area is 136 Å². The van der Waals surface area contributed by atoms with E-state index in [1.807, 2.05) is 48.9 Å². The Morgan fingerprint density at radius 1 is 1.26 bits per heavy atom. The summed E-state index contributed by atoms with van der Waals surface area (Å²) in [6.45, 7) is 5.86. The summed E-state index contributed by atoms with van der Waals surface area (Å²) in [7, 11) is 1.62. The maximum Gasteiger partial charge on any atom is 0.315 e. The van der Waals surface area contributed by atoms with Crippen molar-refractivity contribution in [3.05, 3.63) is 47.3 Å². The first kappa shape index (κ1) is 16.9. The Bertz CT molecular complexity index is 652. The molecule has 2 aromatic rings. The number of carbonyl (C=O) groups excluding carboxylic acids is 1. The minimum absolute atomic E-state index is 0.177. The monoisotopic (exact) mass is 316 g/mol. The van der Waals surface area contributed by atoms with Gasteiger partial charge in [-0.2, -0.15) is 5.10 Å². The summed E-state index contributed by atoms with van der Waals surface area (Å²) in [4.78, 5) is 11.8. The molecule has 0 spiro atoms. The van der Waals surface area contributed by atoms with Crippen molar-refractivity contribution in [1.29, 1.82) is 0 Å². The Morgan fingerprint density at radius 2 is 2.04 bits per heavy atom. The van der Waals surface area contributed by atoms with Crippen LogP contribution >= 0.6 is 0 Å². The van der Waals surface area contributed by atoms with Crippen molar-refractivity contribution in [1.82, 2.24) is 20.4 Å². The van der Waals surface area contributed by atoms with Gasteiger partial charge in [0, 0.05) is 30.9 Å². The van der Waals surface area contributed by atoms with E-state index in [0.29, 0.717) is 13.1 Å². The molecule has 1 aromatic heterocycles. The average molecular weight is 316 g/mol. The number of hydrogen-bond donors (Lipinski definition) is 2. The summed E-state index contributed by atoms with van der Waals surface area (Å²) in [5, 5.41) is 10.1. The summed E-state index contributed by atoms with van der Waals surface area (Å²) in [6.07, 6.45) is 0.837. The molecule has 2 rings (SSSR count). The fraction of sp³-hybridized carbons (Fsp3) is 0.412. The van der Waals surface area contributed by atoms with Crippen molar-refractivity contribution in [2.75, 3.05) is 13.7 Å². The molecule has 0 bridgehead atoms. The van der Waals surface area contributed by atoms with Crippen molar-refractivity contribution < 1.29 is 9.53 Å². The number of nitrogens with one attached hydrogen (secondary N) is 2. The number of amides is 2. The summed E-state index contributed by atoms with van der Waals surface area (Å²) >= 11 is 0. The third kappa shape index (κ3) is 5.02. The van der Waals surface area contributed by atoms with Crippen molar-refractivity contribution in [3.8, 4) is 5.75 Å². The third-order valence-electron chi connectivity index (χ3n) is 3.57. The first-order chi connectivity index (χ1) is 11.1. The van der Waals surface area contributed by atoms with Crippen LogP contribution in [0.4, 0.5) is 4.79 Å². The van der Waals surface area contributed by atoms with Crippen molar-refractivity contribution >= 4 is 6.03 Å². The molecule has 0 atom stereocenters. The van der Waals surface area contributed by atoms with Crippen LogP contribution in [0.15, 0.2) is 30.3 Å². The molecule has 6 heteroatoms. The Hall–Kier alpha value is -2.50. The molecule has 0 saturated carbocycles. The quantitative estimate of drug-likeness (QED) is 0.771. The molecule has 124 valence electrons. The van der Waals surface area contributed by atoms with E-state index in [2.05, 4.69) is 15.7 Å². The van der Waals surface area contributed by atoms with E-state index < -0.39 is 0 Å². The van der Waals surface area contributed by atoms with E-state index in [9.17, 15) is 4.79 Å². The summed E-state index contributed by atoms with van der Waals surface area (Å²) in [5.74, 6) is 0.775. The van der Waals surface area contributed by atoms with E-state index in [-0.39, 0.29) is 6.03 Å². The molecule has 6 nitrogen and oxygen atoms in total. The summed E-state index contributed by atoms with van der Waals surface area (Å²) < 4.78 is 7.22. The molecule has 1 heterocycles. The second-order valence-electron chi connectivity index (χ2n) is 5.43. The van der Waals surface area contributed by atoms with Gasteiger partial charge >= 0.3 is 6.03 Å². The van der Waals surface area contributed by atoms with Crippen molar-refractivity contribution in [3.63, 3.8) is 0 Å². The van der Waals surface area contributed by atoms with Gasteiger partial charge in [-0.3, -0.25) is 4.68 Å². The molecule has 0 aliphatic rings. The number of urea groups is 1. The number of methoxy groups -OCH3 is 1. The van der Waals surface area contributed by atoms with E-state index in [4.69, 9.17) is 4.74 Å². The van der Waals surface area contributed by atoms with E-state index in [1.54, 1.807) is 7.11 Å². The number of rotatable bonds is 7. The zero-order valence-electron chi connectivity index (χ0n) is 13.9. The average Bonchev–Trinajstić information content (AvgIpc) is 2.87. The van der Waals surface area contributed by atoms with Crippen LogP contribution in [-0.2, 0) is 13.1 Å². The molecule has 0 aliphatic carbocycles. The number of aryl methyl sites for hydroxylation is 3. The summed E-state index contributed by atoms with van der Waals surface area (Å²) in [6, 6.07) is 9.51. The van der Waals surface area contributed by atoms with Gasteiger partial charge in [-0.1, -0.05) is 18.2 Å². The number of carbonyl (C=O) groups is 1. The lowest BCUT2D eigenvalue weighted by atomic mass is 10.2. The summed E-state index contributed by atoms with van der Waals surface area (Å²) in [5.41, 5.74) is 3.11. The lowest BCUT2D eigenvalue weighted by Crippen LogP contribution is -2.36. The van der Waals surface area contributed by atoms with Crippen LogP contribution in [0.2, 0.25) is 0 Å². The molecular formula is C17H24N4O2. The Balaban J connectivity index is 1.68. The number of benzene rings is 1. The van der Waals surface area contributed by atoms with Crippen LogP contribution < -0.4 is 15.4 Å². The molecule has 0 fully saturated rings. The van der Waals surface area contributed by atoms with Crippen molar-refractivity contribution in [2.45, 2.75) is 33.4 Å². The number of ether oxygens (including phenoxy) is 1. The minimum Gasteiger partial charge on any atom is -0.496 e. The molecule has 0 saturated heterocycles. The molecule has 1 aromatic carbocycles. The second kappa shape index (κ2) is 8.22. The topological polar surface area (TPSA) is 68.2 Å². The zero-order chi connectivity index (χ0) is 16.7. The highest BCUT2D eigenvalue weighted by Gasteiger charge is 2.05. The van der Waals surface area contributed by atoms with Crippen LogP contribution in [0, 0.1) is 13.8 Å². The maximum absolute atomic E-state index is 11.8. The molecule has 0 radical (unpaired) electrons. The zero-order valence-corrected chi connectivity index (χ0v) is 13.9. The highest BCUT2D eigenvalue weighted by atomic mass is 16.5. The second-order valence-corrected chi connectivity index (χ2v) is 5.43. The van der Waals surface area contributed by atoms with Gasteiger partial charge in [-0.15, -0.1) is 0 Å². The van der Waals surface area contributed by atoms with Crippen LogP contribution in [0.5, 0.6) is 5.75 Å². The number of para-hydroxylation sites is 1. The molecule has 0 unspecified atom stereocenters. The van der Waals surface area contributed by atoms with Crippen LogP contribution in [-0.4, -0.2) is 29.5 Å². The van der Waals surface area contributed by atoms with E-state index in [0.717, 1.165) is 35.7 Å². The maximum atomic E-state index is 11.8. The fourth-order valence-electron chi connectivity index (χ4n) is 2.42. The standard InChI is InChI=1S/C17H24N4O2/c1-13-11-14(2)21(20-13)10-6-9-18-17(22)19-12-15-7-4-5-8-16(15)23-3/h4-5,7-8,11H,6,9-10,12H2,1-3H3,(H2,18,19,22). The van der Waals surface area contributed by atoms with Crippen molar-refractivity contribution in [2.24, 2.45) is 0 Å². The van der Waals surface area contributed by atoms with Gasteiger partial charge in [-0.05, 0) is 32.4 Å². The normalized spacial score (nSPS) is 10.4. The first-order valence-corrected chi connectivity index (χ1v) is 7.75. The molecule has 23 heavy (non-hydrogen) atoms. The lowest BCUT2D eigenvalue weighted by molar-refractivity contribution is 0.240. The minimum atomic E-state index is -0.177. The number of hydrogen-bond acceptors (Lipinski definition) is 3. The molecular weight excluding hydrogens is 292 g/mol. The van der Waals surface area contributed by atoms with Gasteiger partial charge < -0.3 is 15.4 Å². The smallest absolute Gasteiger partial charge is 0.315 e. The van der Waals surface area contributed by atoms with Crippen LogP contribution in [0.3, 0.4) is 0 Å². The van der Waals surface area contributed by atoms with Gasteiger partial charge in [0.25, 0.3) is 0 Å². The van der Waals surface area contributed by atoms with Crippen LogP contribution in [0.1, 0.15) is 23.4 Å². The van der Waals surface area contributed by atoms with Crippen LogP contribution in [0.25, 0.3) is 0 Å². The fourth-order valence-corrected chi connectivity index (χ4v) is 2.42. The van der Waals surface area contributed by atoms with Gasteiger partial charge in [0.05, 0.1) is 12.8 Å². The molecule has 2 amide bonds. The van der Waals surface area contributed by atoms with Gasteiger partial charge in [0.15, 0.2) is 0 Å².